The minimum Gasteiger partial charge on any atom is -0.479 e. The van der Waals surface area contributed by atoms with Gasteiger partial charge < -0.3 is 15.4 Å². The van der Waals surface area contributed by atoms with Crippen LogP contribution in [0.2, 0.25) is 0 Å². The highest BCUT2D eigenvalue weighted by Crippen LogP contribution is 2.36. The highest BCUT2D eigenvalue weighted by atomic mass is 19.4. The zero-order valence-electron chi connectivity index (χ0n) is 10.4. The van der Waals surface area contributed by atoms with Crippen LogP contribution in [0.25, 0.3) is 0 Å². The molecule has 0 amide bonds. The first kappa shape index (κ1) is 13.7. The molecule has 1 aliphatic rings. The lowest BCUT2D eigenvalue weighted by Gasteiger charge is -2.34. The van der Waals surface area contributed by atoms with Gasteiger partial charge in [-0.05, 0) is 12.8 Å². The lowest BCUT2D eigenvalue weighted by molar-refractivity contribution is -0.176. The third-order valence-electron chi connectivity index (χ3n) is 3.20. The fourth-order valence-electron chi connectivity index (χ4n) is 2.22. The van der Waals surface area contributed by atoms with Crippen LogP contribution in [-0.2, 0) is 0 Å². The van der Waals surface area contributed by atoms with Gasteiger partial charge in [0.25, 0.3) is 0 Å². The number of halogens is 3. The van der Waals surface area contributed by atoms with E-state index in [1.807, 2.05) is 0 Å². The number of nitrogen functional groups attached to an aromatic ring is 1. The SMILES string of the molecule is COc1ncnc(N2CCCC(C(F)(F)F)C2)c1N. The maximum absolute atomic E-state index is 12.8. The number of hydrogen-bond donors (Lipinski definition) is 1. The summed E-state index contributed by atoms with van der Waals surface area (Å²) in [6, 6.07) is 0. The first-order valence-electron chi connectivity index (χ1n) is 5.89. The van der Waals surface area contributed by atoms with Crippen LogP contribution in [0.5, 0.6) is 5.88 Å². The largest absolute Gasteiger partial charge is 0.479 e. The van der Waals surface area contributed by atoms with Gasteiger partial charge in [0.1, 0.15) is 12.0 Å². The molecular formula is C11H15F3N4O. The Kier molecular flexibility index (Phi) is 3.68. The zero-order chi connectivity index (χ0) is 14.0. The highest BCUT2D eigenvalue weighted by Gasteiger charge is 2.42. The molecule has 19 heavy (non-hydrogen) atoms. The first-order valence-corrected chi connectivity index (χ1v) is 5.89. The molecule has 0 aromatic carbocycles. The summed E-state index contributed by atoms with van der Waals surface area (Å²) in [4.78, 5) is 9.33. The lowest BCUT2D eigenvalue weighted by atomic mass is 9.97. The standard InChI is InChI=1S/C11H15F3N4O/c1-19-10-8(15)9(16-6-17-10)18-4-2-3-7(5-18)11(12,13)14/h6-7H,2-5,15H2,1H3. The summed E-state index contributed by atoms with van der Waals surface area (Å²) in [5, 5.41) is 0. The maximum Gasteiger partial charge on any atom is 0.393 e. The van der Waals surface area contributed by atoms with Gasteiger partial charge in [0.2, 0.25) is 5.88 Å². The van der Waals surface area contributed by atoms with Crippen LogP contribution < -0.4 is 15.4 Å². The lowest BCUT2D eigenvalue weighted by Crippen LogP contribution is -2.42. The summed E-state index contributed by atoms with van der Waals surface area (Å²) in [6.45, 7) is 0.366. The fraction of sp³-hybridized carbons (Fsp3) is 0.636. The van der Waals surface area contributed by atoms with Crippen molar-refractivity contribution in [3.8, 4) is 5.88 Å². The van der Waals surface area contributed by atoms with E-state index in [0.717, 1.165) is 0 Å². The van der Waals surface area contributed by atoms with Gasteiger partial charge >= 0.3 is 6.18 Å². The van der Waals surface area contributed by atoms with E-state index < -0.39 is 12.1 Å². The Bertz CT molecular complexity index is 452. The van der Waals surface area contributed by atoms with Crippen LogP contribution in [0.1, 0.15) is 12.8 Å². The molecule has 8 heteroatoms. The Morgan fingerprint density at radius 3 is 2.79 bits per heavy atom. The molecule has 1 aliphatic heterocycles. The minimum atomic E-state index is -4.19. The summed E-state index contributed by atoms with van der Waals surface area (Å²) in [7, 11) is 1.40. The minimum absolute atomic E-state index is 0.131. The molecule has 1 saturated heterocycles. The summed E-state index contributed by atoms with van der Waals surface area (Å²) in [5.41, 5.74) is 5.98. The topological polar surface area (TPSA) is 64.3 Å². The summed E-state index contributed by atoms with van der Waals surface area (Å²) < 4.78 is 43.2. The number of methoxy groups -OCH3 is 1. The number of nitrogens with two attached hydrogens (primary N) is 1. The molecule has 1 aromatic rings. The Hall–Kier alpha value is -1.73. The molecule has 1 aromatic heterocycles. The first-order chi connectivity index (χ1) is 8.93. The molecule has 0 spiro atoms. The van der Waals surface area contributed by atoms with E-state index in [9.17, 15) is 13.2 Å². The smallest absolute Gasteiger partial charge is 0.393 e. The molecule has 106 valence electrons. The van der Waals surface area contributed by atoms with Crippen LogP contribution in [0, 0.1) is 5.92 Å². The van der Waals surface area contributed by atoms with Crippen molar-refractivity contribution in [3.05, 3.63) is 6.33 Å². The Balaban J connectivity index is 2.22. The number of rotatable bonds is 2. The number of nitrogens with zero attached hydrogens (tertiary/aromatic N) is 3. The second-order valence-electron chi connectivity index (χ2n) is 4.45. The van der Waals surface area contributed by atoms with Crippen LogP contribution in [0.3, 0.4) is 0 Å². The quantitative estimate of drug-likeness (QED) is 0.893. The Labute approximate surface area is 108 Å². The van der Waals surface area contributed by atoms with E-state index in [1.54, 1.807) is 4.90 Å². The van der Waals surface area contributed by atoms with Crippen molar-refractivity contribution in [2.24, 2.45) is 5.92 Å². The third kappa shape index (κ3) is 2.82. The van der Waals surface area contributed by atoms with E-state index in [4.69, 9.17) is 10.5 Å². The van der Waals surface area contributed by atoms with Gasteiger partial charge in [0.05, 0.1) is 13.0 Å². The number of anilines is 2. The summed E-state index contributed by atoms with van der Waals surface area (Å²) >= 11 is 0. The molecule has 0 bridgehead atoms. The molecule has 2 heterocycles. The Morgan fingerprint density at radius 1 is 1.42 bits per heavy atom. The Morgan fingerprint density at radius 2 is 2.16 bits per heavy atom. The molecule has 5 nitrogen and oxygen atoms in total. The highest BCUT2D eigenvalue weighted by molar-refractivity contribution is 5.67. The number of alkyl halides is 3. The van der Waals surface area contributed by atoms with Gasteiger partial charge in [0, 0.05) is 13.1 Å². The van der Waals surface area contributed by atoms with Crippen molar-refractivity contribution in [1.29, 1.82) is 0 Å². The zero-order valence-corrected chi connectivity index (χ0v) is 10.4. The van der Waals surface area contributed by atoms with Crippen molar-refractivity contribution < 1.29 is 17.9 Å². The van der Waals surface area contributed by atoms with Crippen LogP contribution in [0.15, 0.2) is 6.33 Å². The van der Waals surface area contributed by atoms with E-state index in [1.165, 1.54) is 13.4 Å². The van der Waals surface area contributed by atoms with Gasteiger partial charge in [-0.1, -0.05) is 0 Å². The van der Waals surface area contributed by atoms with E-state index in [0.29, 0.717) is 18.8 Å². The number of aromatic nitrogens is 2. The van der Waals surface area contributed by atoms with Gasteiger partial charge in [-0.15, -0.1) is 0 Å². The van der Waals surface area contributed by atoms with Gasteiger partial charge in [-0.25, -0.2) is 4.98 Å². The van der Waals surface area contributed by atoms with E-state index >= 15 is 0 Å². The van der Waals surface area contributed by atoms with Crippen LogP contribution >= 0.6 is 0 Å². The molecule has 2 N–H and O–H groups in total. The van der Waals surface area contributed by atoms with Crippen molar-refractivity contribution in [2.45, 2.75) is 19.0 Å². The van der Waals surface area contributed by atoms with E-state index in [2.05, 4.69) is 9.97 Å². The predicted octanol–water partition coefficient (Wildman–Crippen LogP) is 1.85. The predicted molar refractivity (Wildman–Crippen MR) is 64.0 cm³/mol. The average molecular weight is 276 g/mol. The fourth-order valence-corrected chi connectivity index (χ4v) is 2.22. The van der Waals surface area contributed by atoms with E-state index in [-0.39, 0.29) is 24.5 Å². The molecule has 1 atom stereocenters. The summed E-state index contributed by atoms with van der Waals surface area (Å²) in [6.07, 6.45) is -2.36. The normalized spacial score (nSPS) is 20.4. The number of hydrogen-bond acceptors (Lipinski definition) is 5. The molecule has 0 saturated carbocycles. The van der Waals surface area contributed by atoms with Gasteiger partial charge in [-0.2, -0.15) is 18.2 Å². The van der Waals surface area contributed by atoms with Crippen LogP contribution in [0.4, 0.5) is 24.7 Å². The van der Waals surface area contributed by atoms with Gasteiger partial charge in [-0.3, -0.25) is 0 Å². The summed E-state index contributed by atoms with van der Waals surface area (Å²) in [5.74, 6) is -0.860. The molecule has 0 radical (unpaired) electrons. The third-order valence-corrected chi connectivity index (χ3v) is 3.20. The average Bonchev–Trinajstić information content (AvgIpc) is 2.38. The number of piperidine rings is 1. The van der Waals surface area contributed by atoms with Crippen molar-refractivity contribution >= 4 is 11.5 Å². The molecule has 1 unspecified atom stereocenters. The molecular weight excluding hydrogens is 261 g/mol. The number of ether oxygens (including phenoxy) is 1. The second-order valence-corrected chi connectivity index (χ2v) is 4.45. The monoisotopic (exact) mass is 276 g/mol. The van der Waals surface area contributed by atoms with Crippen molar-refractivity contribution in [1.82, 2.24) is 9.97 Å². The van der Waals surface area contributed by atoms with Crippen LogP contribution in [-0.4, -0.2) is 36.3 Å². The molecule has 0 aliphatic carbocycles. The molecule has 1 fully saturated rings. The molecule has 2 rings (SSSR count). The van der Waals surface area contributed by atoms with Gasteiger partial charge in [0.15, 0.2) is 5.82 Å². The second kappa shape index (κ2) is 5.10. The maximum atomic E-state index is 12.8. The van der Waals surface area contributed by atoms with Crippen molar-refractivity contribution in [2.75, 3.05) is 30.8 Å². The van der Waals surface area contributed by atoms with Crippen molar-refractivity contribution in [3.63, 3.8) is 0 Å².